The third kappa shape index (κ3) is 5.84. The van der Waals surface area contributed by atoms with Crippen molar-refractivity contribution in [2.24, 2.45) is 5.41 Å². The molecule has 0 spiro atoms. The lowest BCUT2D eigenvalue weighted by molar-refractivity contribution is 0.0911. The molecule has 1 aliphatic rings. The summed E-state index contributed by atoms with van der Waals surface area (Å²) in [5, 5.41) is 0. The molecule has 1 rings (SSSR count). The predicted molar refractivity (Wildman–Crippen MR) is 69.4 cm³/mol. The topological polar surface area (TPSA) is 55.4 Å². The first-order valence-electron chi connectivity index (χ1n) is 6.32. The zero-order valence-electron chi connectivity index (χ0n) is 11.3. The van der Waals surface area contributed by atoms with E-state index in [1.54, 1.807) is 0 Å². The molecule has 1 aliphatic carbocycles. The van der Waals surface area contributed by atoms with Crippen LogP contribution >= 0.6 is 0 Å². The molecule has 0 aliphatic heterocycles. The van der Waals surface area contributed by atoms with E-state index >= 15 is 0 Å². The van der Waals surface area contributed by atoms with E-state index in [9.17, 15) is 8.42 Å². The van der Waals surface area contributed by atoms with Crippen molar-refractivity contribution in [2.45, 2.75) is 59.1 Å². The van der Waals surface area contributed by atoms with Gasteiger partial charge in [-0.2, -0.15) is 0 Å². The predicted octanol–water partition coefficient (Wildman–Crippen LogP) is 1.91. The highest BCUT2D eigenvalue weighted by Gasteiger charge is 2.32. The van der Waals surface area contributed by atoms with Gasteiger partial charge in [-0.15, -0.1) is 0 Å². The van der Waals surface area contributed by atoms with Crippen LogP contribution in [0.25, 0.3) is 0 Å². The standard InChI is InChI=1S/C12H25NO3S/c1-10(2)16-7-8-17(14,15)13-11-5-6-12(3,4)9-11/h10-11,13H,5-9H2,1-4H3. The Morgan fingerprint density at radius 1 is 1.41 bits per heavy atom. The SMILES string of the molecule is CC(C)OCCS(=O)(=O)NC1CCC(C)(C)C1. The Hall–Kier alpha value is -0.130. The fraction of sp³-hybridized carbons (Fsp3) is 1.00. The second kappa shape index (κ2) is 5.67. The number of hydrogen-bond acceptors (Lipinski definition) is 3. The summed E-state index contributed by atoms with van der Waals surface area (Å²) in [5.41, 5.74) is 0.265. The van der Waals surface area contributed by atoms with Crippen molar-refractivity contribution in [2.75, 3.05) is 12.4 Å². The number of rotatable bonds is 6. The number of sulfonamides is 1. The Kier molecular flexibility index (Phi) is 4.98. The van der Waals surface area contributed by atoms with Crippen LogP contribution in [0.3, 0.4) is 0 Å². The molecule has 1 unspecified atom stereocenters. The summed E-state index contributed by atoms with van der Waals surface area (Å²) in [5.74, 6) is 0.0576. The maximum atomic E-state index is 11.8. The molecule has 0 heterocycles. The molecule has 4 nitrogen and oxygen atoms in total. The molecule has 0 radical (unpaired) electrons. The molecule has 102 valence electrons. The van der Waals surface area contributed by atoms with Crippen LogP contribution in [0.5, 0.6) is 0 Å². The molecular weight excluding hydrogens is 238 g/mol. The van der Waals surface area contributed by atoms with Gasteiger partial charge in [-0.25, -0.2) is 13.1 Å². The van der Waals surface area contributed by atoms with Crippen molar-refractivity contribution in [3.8, 4) is 0 Å². The monoisotopic (exact) mass is 263 g/mol. The van der Waals surface area contributed by atoms with Crippen molar-refractivity contribution >= 4 is 10.0 Å². The fourth-order valence-corrected chi connectivity index (χ4v) is 3.39. The lowest BCUT2D eigenvalue weighted by Gasteiger charge is -2.18. The van der Waals surface area contributed by atoms with Gasteiger partial charge in [-0.05, 0) is 38.5 Å². The van der Waals surface area contributed by atoms with Crippen LogP contribution < -0.4 is 4.72 Å². The van der Waals surface area contributed by atoms with Crippen molar-refractivity contribution in [3.05, 3.63) is 0 Å². The Bertz CT molecular complexity index is 336. The van der Waals surface area contributed by atoms with Gasteiger partial charge < -0.3 is 4.74 Å². The molecule has 0 amide bonds. The zero-order valence-corrected chi connectivity index (χ0v) is 12.1. The highest BCUT2D eigenvalue weighted by Crippen LogP contribution is 2.37. The van der Waals surface area contributed by atoms with Crippen LogP contribution in [0.15, 0.2) is 0 Å². The van der Waals surface area contributed by atoms with Crippen LogP contribution in [-0.2, 0) is 14.8 Å². The summed E-state index contributed by atoms with van der Waals surface area (Å²) in [4.78, 5) is 0. The van der Waals surface area contributed by atoms with E-state index in [2.05, 4.69) is 18.6 Å². The van der Waals surface area contributed by atoms with Gasteiger partial charge in [-0.3, -0.25) is 0 Å². The Balaban J connectivity index is 2.35. The van der Waals surface area contributed by atoms with Gasteiger partial charge in [0.1, 0.15) is 0 Å². The van der Waals surface area contributed by atoms with Crippen LogP contribution in [0.4, 0.5) is 0 Å². The van der Waals surface area contributed by atoms with Gasteiger partial charge in [0.15, 0.2) is 0 Å². The van der Waals surface area contributed by atoms with Gasteiger partial charge in [0.25, 0.3) is 0 Å². The molecule has 17 heavy (non-hydrogen) atoms. The minimum absolute atomic E-state index is 0.0576. The summed E-state index contributed by atoms with van der Waals surface area (Å²) in [6.45, 7) is 8.44. The molecule has 0 aromatic rings. The van der Waals surface area contributed by atoms with Crippen LogP contribution in [0, 0.1) is 5.41 Å². The van der Waals surface area contributed by atoms with Crippen LogP contribution in [0.1, 0.15) is 47.0 Å². The van der Waals surface area contributed by atoms with Crippen molar-refractivity contribution < 1.29 is 13.2 Å². The largest absolute Gasteiger partial charge is 0.378 e. The molecular formula is C12H25NO3S. The highest BCUT2D eigenvalue weighted by atomic mass is 32.2. The Morgan fingerprint density at radius 2 is 2.06 bits per heavy atom. The second-order valence-corrected chi connectivity index (χ2v) is 7.83. The molecule has 0 saturated heterocycles. The molecule has 0 bridgehead atoms. The quantitative estimate of drug-likeness (QED) is 0.796. The Labute approximate surface area is 105 Å². The third-order valence-electron chi connectivity index (χ3n) is 3.12. The van der Waals surface area contributed by atoms with E-state index in [1.807, 2.05) is 13.8 Å². The van der Waals surface area contributed by atoms with Gasteiger partial charge in [0, 0.05) is 6.04 Å². The minimum Gasteiger partial charge on any atom is -0.378 e. The average molecular weight is 263 g/mol. The molecule has 0 aromatic heterocycles. The summed E-state index contributed by atoms with van der Waals surface area (Å²) < 4.78 is 31.6. The molecule has 1 atom stereocenters. The van der Waals surface area contributed by atoms with Gasteiger partial charge in [-0.1, -0.05) is 13.8 Å². The van der Waals surface area contributed by atoms with E-state index in [0.717, 1.165) is 19.3 Å². The summed E-state index contributed by atoms with van der Waals surface area (Å²) >= 11 is 0. The molecule has 1 fully saturated rings. The van der Waals surface area contributed by atoms with Crippen molar-refractivity contribution in [1.29, 1.82) is 0 Å². The zero-order chi connectivity index (χ0) is 13.1. The third-order valence-corrected chi connectivity index (χ3v) is 4.51. The lowest BCUT2D eigenvalue weighted by Crippen LogP contribution is -2.36. The molecule has 1 N–H and O–H groups in total. The lowest BCUT2D eigenvalue weighted by atomic mass is 9.92. The van der Waals surface area contributed by atoms with Crippen molar-refractivity contribution in [1.82, 2.24) is 4.72 Å². The Morgan fingerprint density at radius 3 is 2.53 bits per heavy atom. The van der Waals surface area contributed by atoms with Gasteiger partial charge in [0.05, 0.1) is 18.5 Å². The number of nitrogens with one attached hydrogen (secondary N) is 1. The average Bonchev–Trinajstić information content (AvgIpc) is 2.43. The maximum absolute atomic E-state index is 11.8. The number of ether oxygens (including phenoxy) is 1. The number of hydrogen-bond donors (Lipinski definition) is 1. The van der Waals surface area contributed by atoms with Gasteiger partial charge >= 0.3 is 0 Å². The molecule has 0 aromatic carbocycles. The van der Waals surface area contributed by atoms with E-state index in [4.69, 9.17) is 4.74 Å². The van der Waals surface area contributed by atoms with Gasteiger partial charge in [0.2, 0.25) is 10.0 Å². The molecule has 5 heteroatoms. The first-order valence-corrected chi connectivity index (χ1v) is 7.97. The van der Waals surface area contributed by atoms with Crippen molar-refractivity contribution in [3.63, 3.8) is 0 Å². The van der Waals surface area contributed by atoms with E-state index < -0.39 is 10.0 Å². The maximum Gasteiger partial charge on any atom is 0.214 e. The first kappa shape index (κ1) is 14.9. The van der Waals surface area contributed by atoms with Crippen LogP contribution in [0.2, 0.25) is 0 Å². The summed E-state index contributed by atoms with van der Waals surface area (Å²) in [6, 6.07) is 0.106. The van der Waals surface area contributed by atoms with E-state index in [1.165, 1.54) is 0 Å². The van der Waals surface area contributed by atoms with E-state index in [0.29, 0.717) is 0 Å². The fourth-order valence-electron chi connectivity index (χ4n) is 2.24. The molecule has 1 saturated carbocycles. The van der Waals surface area contributed by atoms with E-state index in [-0.39, 0.29) is 29.9 Å². The minimum atomic E-state index is -3.19. The summed E-state index contributed by atoms with van der Waals surface area (Å²) in [6.07, 6.45) is 3.03. The highest BCUT2D eigenvalue weighted by molar-refractivity contribution is 7.89. The second-order valence-electron chi connectivity index (χ2n) is 5.96. The van der Waals surface area contributed by atoms with Crippen LogP contribution in [-0.4, -0.2) is 32.9 Å². The normalized spacial score (nSPS) is 24.4. The summed E-state index contributed by atoms with van der Waals surface area (Å²) in [7, 11) is -3.19. The smallest absolute Gasteiger partial charge is 0.214 e. The first-order chi connectivity index (χ1) is 7.70.